The summed E-state index contributed by atoms with van der Waals surface area (Å²) in [5, 5.41) is 7.42. The Bertz CT molecular complexity index is 619. The maximum absolute atomic E-state index is 12.8. The average molecular weight is 333 g/mol. The number of carbonyl (C=O) groups is 2. The summed E-state index contributed by atoms with van der Waals surface area (Å²) in [6, 6.07) is 0.134. The predicted molar refractivity (Wildman–Crippen MR) is 90.7 cm³/mol. The first-order chi connectivity index (χ1) is 11.4. The van der Waals surface area contributed by atoms with Gasteiger partial charge in [0.15, 0.2) is 0 Å². The van der Waals surface area contributed by atoms with Crippen LogP contribution in [0.1, 0.15) is 44.0 Å². The molecule has 3 heterocycles. The monoisotopic (exact) mass is 333 g/mol. The highest BCUT2D eigenvalue weighted by Gasteiger charge is 2.32. The second-order valence-corrected chi connectivity index (χ2v) is 7.66. The summed E-state index contributed by atoms with van der Waals surface area (Å²) < 4.78 is 1.82. The summed E-state index contributed by atoms with van der Waals surface area (Å²) in [5.74, 6) is 0.152. The zero-order valence-electron chi connectivity index (χ0n) is 14.8. The minimum absolute atomic E-state index is 0.0118. The van der Waals surface area contributed by atoms with E-state index in [0.29, 0.717) is 18.7 Å². The van der Waals surface area contributed by atoms with Gasteiger partial charge in [-0.05, 0) is 33.6 Å². The van der Waals surface area contributed by atoms with Crippen LogP contribution >= 0.6 is 0 Å². The molecule has 0 saturated carbocycles. The Morgan fingerprint density at radius 1 is 1.33 bits per heavy atom. The second-order valence-electron chi connectivity index (χ2n) is 7.66. The molecule has 0 spiro atoms. The lowest BCUT2D eigenvalue weighted by atomic mass is 10.0. The van der Waals surface area contributed by atoms with E-state index in [0.717, 1.165) is 32.5 Å². The first-order valence-corrected chi connectivity index (χ1v) is 8.71. The first kappa shape index (κ1) is 17.0. The van der Waals surface area contributed by atoms with Crippen molar-refractivity contribution in [3.8, 4) is 0 Å². The molecule has 1 N–H and O–H groups in total. The summed E-state index contributed by atoms with van der Waals surface area (Å²) in [4.78, 5) is 28.7. The van der Waals surface area contributed by atoms with E-state index in [1.165, 1.54) is 0 Å². The largest absolute Gasteiger partial charge is 0.336 e. The molecule has 1 aromatic rings. The molecule has 2 aliphatic heterocycles. The molecule has 1 aromatic heterocycles. The minimum atomic E-state index is -0.143. The van der Waals surface area contributed by atoms with Crippen LogP contribution in [0.4, 0.5) is 0 Å². The van der Waals surface area contributed by atoms with Gasteiger partial charge in [0, 0.05) is 38.4 Å². The van der Waals surface area contributed by atoms with Crippen molar-refractivity contribution in [2.75, 3.05) is 32.7 Å². The van der Waals surface area contributed by atoms with Crippen molar-refractivity contribution < 1.29 is 9.59 Å². The normalized spacial score (nSPS) is 22.8. The number of amides is 2. The number of hydrogen-bond acceptors (Lipinski definition) is 4. The van der Waals surface area contributed by atoms with Crippen LogP contribution in [-0.4, -0.2) is 70.2 Å². The number of piperidine rings is 1. The predicted octanol–water partition coefficient (Wildman–Crippen LogP) is 0.675. The van der Waals surface area contributed by atoms with Gasteiger partial charge in [-0.1, -0.05) is 0 Å². The number of nitrogens with zero attached hydrogens (tertiary/aromatic N) is 4. The van der Waals surface area contributed by atoms with Crippen molar-refractivity contribution in [3.05, 3.63) is 18.0 Å². The smallest absolute Gasteiger partial charge is 0.257 e. The highest BCUT2D eigenvalue weighted by Crippen LogP contribution is 2.20. The quantitative estimate of drug-likeness (QED) is 0.864. The molecule has 1 atom stereocenters. The topological polar surface area (TPSA) is 70.5 Å². The van der Waals surface area contributed by atoms with Crippen LogP contribution in [0.25, 0.3) is 0 Å². The number of rotatable bonds is 2. The minimum Gasteiger partial charge on any atom is -0.336 e. The Hall–Kier alpha value is -1.89. The van der Waals surface area contributed by atoms with Crippen molar-refractivity contribution in [1.82, 2.24) is 24.9 Å². The van der Waals surface area contributed by atoms with Gasteiger partial charge >= 0.3 is 0 Å². The van der Waals surface area contributed by atoms with Gasteiger partial charge in [0.05, 0.1) is 23.8 Å². The average Bonchev–Trinajstić information content (AvgIpc) is 3.05. The van der Waals surface area contributed by atoms with Crippen LogP contribution in [0, 0.1) is 0 Å². The Morgan fingerprint density at radius 2 is 2.12 bits per heavy atom. The SMILES string of the molecule is CC(C)(C)n1cc(C(=O)N2CCCC(N3CCNCC3=O)C2)cn1. The lowest BCUT2D eigenvalue weighted by molar-refractivity contribution is -0.135. The fourth-order valence-corrected chi connectivity index (χ4v) is 3.38. The number of aromatic nitrogens is 2. The van der Waals surface area contributed by atoms with E-state index in [9.17, 15) is 9.59 Å². The molecule has 132 valence electrons. The molecule has 2 saturated heterocycles. The summed E-state index contributed by atoms with van der Waals surface area (Å²) >= 11 is 0. The van der Waals surface area contributed by atoms with Crippen molar-refractivity contribution in [2.24, 2.45) is 0 Å². The zero-order chi connectivity index (χ0) is 17.3. The van der Waals surface area contributed by atoms with Crippen LogP contribution in [0.15, 0.2) is 12.4 Å². The van der Waals surface area contributed by atoms with Gasteiger partial charge in [-0.15, -0.1) is 0 Å². The molecule has 0 aliphatic carbocycles. The fourth-order valence-electron chi connectivity index (χ4n) is 3.38. The van der Waals surface area contributed by atoms with Gasteiger partial charge in [-0.3, -0.25) is 14.3 Å². The van der Waals surface area contributed by atoms with E-state index < -0.39 is 0 Å². The van der Waals surface area contributed by atoms with Gasteiger partial charge in [-0.2, -0.15) is 5.10 Å². The number of hydrogen-bond donors (Lipinski definition) is 1. The lowest BCUT2D eigenvalue weighted by Crippen LogP contribution is -2.57. The van der Waals surface area contributed by atoms with Gasteiger partial charge in [0.1, 0.15) is 0 Å². The molecule has 2 aliphatic rings. The molecular formula is C17H27N5O2. The lowest BCUT2D eigenvalue weighted by Gasteiger charge is -2.41. The van der Waals surface area contributed by atoms with Crippen LogP contribution in [0.3, 0.4) is 0 Å². The van der Waals surface area contributed by atoms with Crippen molar-refractivity contribution in [1.29, 1.82) is 0 Å². The Kier molecular flexibility index (Phi) is 4.62. The number of piperazine rings is 1. The summed E-state index contributed by atoms with van der Waals surface area (Å²) in [6.45, 7) is 9.50. The number of likely N-dealkylation sites (tertiary alicyclic amines) is 1. The maximum Gasteiger partial charge on any atom is 0.257 e. The molecule has 0 radical (unpaired) electrons. The van der Waals surface area contributed by atoms with E-state index in [4.69, 9.17) is 0 Å². The molecule has 2 amide bonds. The highest BCUT2D eigenvalue weighted by atomic mass is 16.2. The molecule has 0 bridgehead atoms. The van der Waals surface area contributed by atoms with Crippen LogP contribution < -0.4 is 5.32 Å². The van der Waals surface area contributed by atoms with Crippen LogP contribution in [0.2, 0.25) is 0 Å². The fraction of sp³-hybridized carbons (Fsp3) is 0.706. The van der Waals surface area contributed by atoms with E-state index in [1.807, 2.05) is 20.7 Å². The molecule has 7 heteroatoms. The third-order valence-corrected chi connectivity index (χ3v) is 4.77. The van der Waals surface area contributed by atoms with Gasteiger partial charge in [0.25, 0.3) is 5.91 Å². The summed E-state index contributed by atoms with van der Waals surface area (Å²) in [7, 11) is 0. The van der Waals surface area contributed by atoms with Crippen LogP contribution in [-0.2, 0) is 10.3 Å². The standard InChI is InChI=1S/C17H27N5O2/c1-17(2,3)22-11-13(9-19-22)16(24)20-7-4-5-14(12-20)21-8-6-18-10-15(21)23/h9,11,14,18H,4-8,10,12H2,1-3H3. The third-order valence-electron chi connectivity index (χ3n) is 4.77. The Morgan fingerprint density at radius 3 is 2.79 bits per heavy atom. The molecular weight excluding hydrogens is 306 g/mol. The highest BCUT2D eigenvalue weighted by molar-refractivity contribution is 5.94. The first-order valence-electron chi connectivity index (χ1n) is 8.71. The number of nitrogens with one attached hydrogen (secondary N) is 1. The van der Waals surface area contributed by atoms with E-state index in [2.05, 4.69) is 31.2 Å². The van der Waals surface area contributed by atoms with Crippen molar-refractivity contribution >= 4 is 11.8 Å². The Labute approximate surface area is 143 Å². The molecule has 7 nitrogen and oxygen atoms in total. The molecule has 2 fully saturated rings. The number of carbonyl (C=O) groups excluding carboxylic acids is 2. The maximum atomic E-state index is 12.8. The second kappa shape index (κ2) is 6.55. The van der Waals surface area contributed by atoms with Gasteiger partial charge in [0.2, 0.25) is 5.91 Å². The third kappa shape index (κ3) is 3.45. The molecule has 3 rings (SSSR count). The van der Waals surface area contributed by atoms with E-state index in [-0.39, 0.29) is 23.4 Å². The summed E-state index contributed by atoms with van der Waals surface area (Å²) in [5.41, 5.74) is 0.480. The van der Waals surface area contributed by atoms with Crippen molar-refractivity contribution in [2.45, 2.75) is 45.2 Å². The van der Waals surface area contributed by atoms with Gasteiger partial charge in [-0.25, -0.2) is 0 Å². The van der Waals surface area contributed by atoms with E-state index in [1.54, 1.807) is 6.20 Å². The van der Waals surface area contributed by atoms with E-state index >= 15 is 0 Å². The molecule has 0 aromatic carbocycles. The zero-order valence-corrected chi connectivity index (χ0v) is 14.8. The van der Waals surface area contributed by atoms with Crippen molar-refractivity contribution in [3.63, 3.8) is 0 Å². The van der Waals surface area contributed by atoms with Gasteiger partial charge < -0.3 is 15.1 Å². The molecule has 24 heavy (non-hydrogen) atoms. The summed E-state index contributed by atoms with van der Waals surface area (Å²) in [6.07, 6.45) is 5.37. The molecule has 1 unspecified atom stereocenters. The van der Waals surface area contributed by atoms with Crippen LogP contribution in [0.5, 0.6) is 0 Å². The Balaban J connectivity index is 1.69.